The summed E-state index contributed by atoms with van der Waals surface area (Å²) in [6, 6.07) is 10.4. The van der Waals surface area contributed by atoms with Crippen molar-refractivity contribution in [3.63, 3.8) is 0 Å². The van der Waals surface area contributed by atoms with Gasteiger partial charge in [-0.1, -0.05) is 12.1 Å². The van der Waals surface area contributed by atoms with E-state index in [1.807, 2.05) is 0 Å². The Morgan fingerprint density at radius 2 is 1.90 bits per heavy atom. The number of rotatable bonds is 7. The second-order valence-electron chi connectivity index (χ2n) is 6.20. The van der Waals surface area contributed by atoms with Crippen molar-refractivity contribution in [1.82, 2.24) is 24.9 Å². The van der Waals surface area contributed by atoms with Gasteiger partial charge < -0.3 is 5.32 Å². The fourth-order valence-electron chi connectivity index (χ4n) is 2.63. The fourth-order valence-corrected chi connectivity index (χ4v) is 3.36. The first-order valence-corrected chi connectivity index (χ1v) is 10.2. The SMILES string of the molecule is CNS(=O)(=O)c1ccc(CCC(=O)Nc2cc(-n3nnnc3C)ccc2F)cc1. The molecule has 3 rings (SSSR count). The van der Waals surface area contributed by atoms with E-state index in [1.165, 1.54) is 42.1 Å². The number of hydrogen-bond acceptors (Lipinski definition) is 6. The van der Waals surface area contributed by atoms with Crippen LogP contribution >= 0.6 is 0 Å². The third-order valence-corrected chi connectivity index (χ3v) is 5.67. The summed E-state index contributed by atoms with van der Waals surface area (Å²) in [5, 5.41) is 13.7. The van der Waals surface area contributed by atoms with Gasteiger partial charge in [-0.05, 0) is 66.7 Å². The Morgan fingerprint density at radius 1 is 1.17 bits per heavy atom. The highest BCUT2D eigenvalue weighted by molar-refractivity contribution is 7.89. The molecule has 0 unspecified atom stereocenters. The highest BCUT2D eigenvalue weighted by Gasteiger charge is 2.13. The maximum atomic E-state index is 14.1. The number of nitrogens with zero attached hydrogens (tertiary/aromatic N) is 4. The van der Waals surface area contributed by atoms with Gasteiger partial charge in [-0.2, -0.15) is 4.68 Å². The van der Waals surface area contributed by atoms with E-state index in [-0.39, 0.29) is 22.9 Å². The molecule has 0 aliphatic carbocycles. The second-order valence-corrected chi connectivity index (χ2v) is 8.09. The van der Waals surface area contributed by atoms with Crippen LogP contribution in [0.1, 0.15) is 17.8 Å². The van der Waals surface area contributed by atoms with Crippen molar-refractivity contribution in [2.45, 2.75) is 24.7 Å². The summed E-state index contributed by atoms with van der Waals surface area (Å²) < 4.78 is 41.2. The zero-order valence-corrected chi connectivity index (χ0v) is 16.6. The van der Waals surface area contributed by atoms with E-state index >= 15 is 0 Å². The van der Waals surface area contributed by atoms with Crippen LogP contribution in [0.2, 0.25) is 0 Å². The van der Waals surface area contributed by atoms with Gasteiger partial charge in [0.15, 0.2) is 5.82 Å². The molecule has 0 spiro atoms. The van der Waals surface area contributed by atoms with Crippen LogP contribution < -0.4 is 10.0 Å². The zero-order valence-electron chi connectivity index (χ0n) is 15.8. The molecule has 0 saturated heterocycles. The molecule has 1 aromatic heterocycles. The topological polar surface area (TPSA) is 119 Å². The molecule has 0 radical (unpaired) electrons. The first-order chi connectivity index (χ1) is 13.8. The fraction of sp³-hybridized carbons (Fsp3) is 0.222. The largest absolute Gasteiger partial charge is 0.324 e. The van der Waals surface area contributed by atoms with Crippen LogP contribution in [-0.4, -0.2) is 41.6 Å². The summed E-state index contributed by atoms with van der Waals surface area (Å²) in [6.45, 7) is 1.70. The van der Waals surface area contributed by atoms with E-state index in [1.54, 1.807) is 19.1 Å². The number of nitrogens with one attached hydrogen (secondary N) is 2. The summed E-state index contributed by atoms with van der Waals surface area (Å²) in [7, 11) is -2.17. The molecule has 0 bridgehead atoms. The minimum atomic E-state index is -3.50. The molecule has 9 nitrogen and oxygen atoms in total. The maximum absolute atomic E-state index is 14.1. The Hall–Kier alpha value is -3.18. The number of halogens is 1. The normalized spacial score (nSPS) is 11.4. The van der Waals surface area contributed by atoms with E-state index in [0.29, 0.717) is 17.9 Å². The van der Waals surface area contributed by atoms with Crippen LogP contribution in [0.5, 0.6) is 0 Å². The number of sulfonamides is 1. The van der Waals surface area contributed by atoms with Crippen LogP contribution in [0, 0.1) is 12.7 Å². The van der Waals surface area contributed by atoms with Crippen LogP contribution in [-0.2, 0) is 21.2 Å². The lowest BCUT2D eigenvalue weighted by atomic mass is 10.1. The van der Waals surface area contributed by atoms with Crippen molar-refractivity contribution < 1.29 is 17.6 Å². The number of amides is 1. The van der Waals surface area contributed by atoms with Gasteiger partial charge >= 0.3 is 0 Å². The quantitative estimate of drug-likeness (QED) is 0.601. The van der Waals surface area contributed by atoms with Gasteiger partial charge in [-0.3, -0.25) is 4.79 Å². The molecule has 1 amide bonds. The van der Waals surface area contributed by atoms with Crippen LogP contribution in [0.15, 0.2) is 47.4 Å². The van der Waals surface area contributed by atoms with Gasteiger partial charge in [-0.25, -0.2) is 17.5 Å². The molecule has 152 valence electrons. The third-order valence-electron chi connectivity index (χ3n) is 4.24. The monoisotopic (exact) mass is 418 g/mol. The van der Waals surface area contributed by atoms with E-state index in [9.17, 15) is 17.6 Å². The Balaban J connectivity index is 1.65. The summed E-state index contributed by atoms with van der Waals surface area (Å²) in [5.74, 6) is -0.423. The molecule has 0 saturated carbocycles. The Kier molecular flexibility index (Phi) is 5.99. The molecule has 11 heteroatoms. The average Bonchev–Trinajstić information content (AvgIpc) is 3.14. The van der Waals surface area contributed by atoms with Crippen molar-refractivity contribution in [3.8, 4) is 5.69 Å². The van der Waals surface area contributed by atoms with Crippen LogP contribution in [0.3, 0.4) is 0 Å². The minimum absolute atomic E-state index is 0.0258. The number of anilines is 1. The lowest BCUT2D eigenvalue weighted by Crippen LogP contribution is -2.18. The zero-order chi connectivity index (χ0) is 21.0. The van der Waals surface area contributed by atoms with Gasteiger partial charge in [0.1, 0.15) is 5.82 Å². The maximum Gasteiger partial charge on any atom is 0.240 e. The molecule has 1 heterocycles. The average molecular weight is 418 g/mol. The lowest BCUT2D eigenvalue weighted by Gasteiger charge is -2.09. The smallest absolute Gasteiger partial charge is 0.240 e. The minimum Gasteiger partial charge on any atom is -0.324 e. The second kappa shape index (κ2) is 8.45. The number of carbonyl (C=O) groups is 1. The van der Waals surface area contributed by atoms with E-state index in [0.717, 1.165) is 5.56 Å². The molecule has 0 aliphatic heterocycles. The Labute approximate surface area is 167 Å². The summed E-state index contributed by atoms with van der Waals surface area (Å²) in [4.78, 5) is 12.4. The van der Waals surface area contributed by atoms with Crippen molar-refractivity contribution in [3.05, 3.63) is 59.7 Å². The first kappa shape index (κ1) is 20.6. The van der Waals surface area contributed by atoms with Crippen molar-refractivity contribution in [1.29, 1.82) is 0 Å². The molecular formula is C18H19FN6O3S. The Bertz CT molecular complexity index is 1130. The lowest BCUT2D eigenvalue weighted by molar-refractivity contribution is -0.116. The summed E-state index contributed by atoms with van der Waals surface area (Å²) >= 11 is 0. The third kappa shape index (κ3) is 4.81. The molecule has 3 aromatic rings. The van der Waals surface area contributed by atoms with Gasteiger partial charge in [-0.15, -0.1) is 5.10 Å². The van der Waals surface area contributed by atoms with Crippen molar-refractivity contribution in [2.24, 2.45) is 0 Å². The summed E-state index contributed by atoms with van der Waals surface area (Å²) in [5.41, 5.74) is 1.33. The predicted octanol–water partition coefficient (Wildman–Crippen LogP) is 1.59. The number of aromatic nitrogens is 4. The van der Waals surface area contributed by atoms with Gasteiger partial charge in [0.05, 0.1) is 16.3 Å². The molecule has 0 aliphatic rings. The van der Waals surface area contributed by atoms with Crippen LogP contribution in [0.25, 0.3) is 5.69 Å². The molecule has 2 aromatic carbocycles. The number of hydrogen-bond donors (Lipinski definition) is 2. The molecule has 2 N–H and O–H groups in total. The van der Waals surface area contributed by atoms with Gasteiger partial charge in [0.25, 0.3) is 0 Å². The van der Waals surface area contributed by atoms with Crippen LogP contribution in [0.4, 0.5) is 10.1 Å². The number of benzene rings is 2. The molecule has 0 fully saturated rings. The van der Waals surface area contributed by atoms with E-state index in [4.69, 9.17) is 0 Å². The molecule has 29 heavy (non-hydrogen) atoms. The molecular weight excluding hydrogens is 399 g/mol. The Morgan fingerprint density at radius 3 is 2.52 bits per heavy atom. The van der Waals surface area contributed by atoms with E-state index in [2.05, 4.69) is 25.6 Å². The van der Waals surface area contributed by atoms with Crippen molar-refractivity contribution in [2.75, 3.05) is 12.4 Å². The number of carbonyl (C=O) groups excluding carboxylic acids is 1. The summed E-state index contributed by atoms with van der Waals surface area (Å²) in [6.07, 6.45) is 0.477. The van der Waals surface area contributed by atoms with Gasteiger partial charge in [0, 0.05) is 6.42 Å². The van der Waals surface area contributed by atoms with Crippen molar-refractivity contribution >= 4 is 21.6 Å². The standard InChI is InChI=1S/C18H19FN6O3S/c1-12-22-23-24-25(12)14-6-9-16(19)17(11-14)21-18(26)10-5-13-3-7-15(8-4-13)29(27,28)20-2/h3-4,6-9,11,20H,5,10H2,1-2H3,(H,21,26). The van der Waals surface area contributed by atoms with Gasteiger partial charge in [0.2, 0.25) is 15.9 Å². The number of aryl methyl sites for hydroxylation is 2. The predicted molar refractivity (Wildman–Crippen MR) is 103 cm³/mol. The first-order valence-electron chi connectivity index (χ1n) is 8.67. The van der Waals surface area contributed by atoms with E-state index < -0.39 is 15.8 Å². The molecule has 0 atom stereocenters. The highest BCUT2D eigenvalue weighted by atomic mass is 32.2. The highest BCUT2D eigenvalue weighted by Crippen LogP contribution is 2.20. The number of tetrazole rings is 1.